The second-order valence-corrected chi connectivity index (χ2v) is 4.60. The lowest BCUT2D eigenvalue weighted by Gasteiger charge is -2.24. The van der Waals surface area contributed by atoms with Crippen molar-refractivity contribution in [2.45, 2.75) is 20.3 Å². The second-order valence-electron chi connectivity index (χ2n) is 4.60. The van der Waals surface area contributed by atoms with Gasteiger partial charge in [0.25, 0.3) is 0 Å². The third kappa shape index (κ3) is 3.13. The zero-order chi connectivity index (χ0) is 12.2. The maximum atomic E-state index is 8.93. The van der Waals surface area contributed by atoms with Crippen LogP contribution in [0.5, 0.6) is 0 Å². The van der Waals surface area contributed by atoms with Crippen molar-refractivity contribution < 1.29 is 0 Å². The van der Waals surface area contributed by atoms with Gasteiger partial charge in [-0.15, -0.1) is 0 Å². The van der Waals surface area contributed by atoms with Crippen molar-refractivity contribution in [1.82, 2.24) is 4.98 Å². The molecule has 0 atom stereocenters. The topological polar surface area (TPSA) is 65.9 Å². The molecule has 0 aromatic carbocycles. The van der Waals surface area contributed by atoms with Gasteiger partial charge in [-0.3, -0.25) is 4.98 Å². The lowest BCUT2D eigenvalue weighted by molar-refractivity contribution is 0.455. The summed E-state index contributed by atoms with van der Waals surface area (Å²) in [5, 5.41) is 8.93. The molecular formula is C12H18N4. The fourth-order valence-electron chi connectivity index (χ4n) is 1.37. The largest absolute Gasteiger partial charge is 0.396 e. The van der Waals surface area contributed by atoms with Gasteiger partial charge in [0, 0.05) is 19.8 Å². The van der Waals surface area contributed by atoms with Crippen LogP contribution < -0.4 is 10.6 Å². The third-order valence-corrected chi connectivity index (χ3v) is 2.61. The van der Waals surface area contributed by atoms with Crippen LogP contribution in [-0.4, -0.2) is 18.6 Å². The number of nitriles is 1. The summed E-state index contributed by atoms with van der Waals surface area (Å²) in [6.07, 6.45) is 4.17. The molecule has 0 saturated heterocycles. The number of anilines is 2. The molecule has 4 heteroatoms. The highest BCUT2D eigenvalue weighted by Gasteiger charge is 2.17. The maximum absolute atomic E-state index is 8.93. The molecule has 0 spiro atoms. The van der Waals surface area contributed by atoms with Crippen LogP contribution in [0.3, 0.4) is 0 Å². The summed E-state index contributed by atoms with van der Waals surface area (Å²) < 4.78 is 0. The predicted molar refractivity (Wildman–Crippen MR) is 65.9 cm³/mol. The van der Waals surface area contributed by atoms with E-state index in [0.29, 0.717) is 5.69 Å². The zero-order valence-corrected chi connectivity index (χ0v) is 10.1. The van der Waals surface area contributed by atoms with Crippen LogP contribution in [0.25, 0.3) is 0 Å². The minimum atomic E-state index is -0.296. The smallest absolute Gasteiger partial charge is 0.0738 e. The van der Waals surface area contributed by atoms with E-state index < -0.39 is 0 Å². The summed E-state index contributed by atoms with van der Waals surface area (Å²) >= 11 is 0. The Kier molecular flexibility index (Phi) is 3.73. The summed E-state index contributed by atoms with van der Waals surface area (Å²) in [4.78, 5) is 6.00. The normalized spacial score (nSPS) is 10.9. The first kappa shape index (κ1) is 12.3. The fourth-order valence-corrected chi connectivity index (χ4v) is 1.37. The number of aromatic nitrogens is 1. The number of rotatable bonds is 4. The highest BCUT2D eigenvalue weighted by molar-refractivity contribution is 5.65. The van der Waals surface area contributed by atoms with Crippen LogP contribution in [0.15, 0.2) is 18.5 Å². The van der Waals surface area contributed by atoms with Crippen LogP contribution in [0, 0.1) is 16.7 Å². The van der Waals surface area contributed by atoms with Gasteiger partial charge in [-0.05, 0) is 26.3 Å². The first-order valence-corrected chi connectivity index (χ1v) is 5.28. The Morgan fingerprint density at radius 2 is 2.25 bits per heavy atom. The molecule has 1 aromatic heterocycles. The van der Waals surface area contributed by atoms with E-state index in [9.17, 15) is 0 Å². The number of nitrogen functional groups attached to an aromatic ring is 1. The van der Waals surface area contributed by atoms with E-state index in [-0.39, 0.29) is 5.41 Å². The van der Waals surface area contributed by atoms with Crippen molar-refractivity contribution >= 4 is 11.4 Å². The molecule has 0 bridgehead atoms. The monoisotopic (exact) mass is 218 g/mol. The molecular weight excluding hydrogens is 200 g/mol. The Bertz CT molecular complexity index is 392. The average Bonchev–Trinajstić information content (AvgIpc) is 2.27. The van der Waals surface area contributed by atoms with E-state index in [4.69, 9.17) is 11.0 Å². The molecule has 1 rings (SSSR count). The molecule has 2 N–H and O–H groups in total. The zero-order valence-electron chi connectivity index (χ0n) is 10.1. The SMILES string of the molecule is CN(CCC(C)(C)C#N)c1ccncc1N. The summed E-state index contributed by atoms with van der Waals surface area (Å²) in [5.74, 6) is 0. The number of nitrogens with zero attached hydrogens (tertiary/aromatic N) is 3. The highest BCUT2D eigenvalue weighted by atomic mass is 15.1. The Labute approximate surface area is 96.7 Å². The predicted octanol–water partition coefficient (Wildman–Crippen LogP) is 2.04. The van der Waals surface area contributed by atoms with Gasteiger partial charge in [-0.1, -0.05) is 0 Å². The molecule has 0 radical (unpaired) electrons. The molecule has 0 fully saturated rings. The van der Waals surface area contributed by atoms with Crippen molar-refractivity contribution in [2.75, 3.05) is 24.2 Å². The van der Waals surface area contributed by atoms with Crippen molar-refractivity contribution in [3.63, 3.8) is 0 Å². The molecule has 86 valence electrons. The van der Waals surface area contributed by atoms with E-state index in [0.717, 1.165) is 18.7 Å². The van der Waals surface area contributed by atoms with Gasteiger partial charge in [-0.2, -0.15) is 5.26 Å². The number of nitrogens with two attached hydrogens (primary N) is 1. The van der Waals surface area contributed by atoms with Crippen LogP contribution >= 0.6 is 0 Å². The van der Waals surface area contributed by atoms with E-state index in [1.54, 1.807) is 12.4 Å². The molecule has 0 aliphatic heterocycles. The second kappa shape index (κ2) is 4.84. The van der Waals surface area contributed by atoms with Crippen LogP contribution in [0.2, 0.25) is 0 Å². The van der Waals surface area contributed by atoms with E-state index in [2.05, 4.69) is 16.0 Å². The molecule has 16 heavy (non-hydrogen) atoms. The summed E-state index contributed by atoms with van der Waals surface area (Å²) in [5.41, 5.74) is 7.16. The lowest BCUT2D eigenvalue weighted by atomic mass is 9.91. The Morgan fingerprint density at radius 3 is 2.81 bits per heavy atom. The quantitative estimate of drug-likeness (QED) is 0.839. The van der Waals surface area contributed by atoms with Crippen molar-refractivity contribution in [3.8, 4) is 6.07 Å². The third-order valence-electron chi connectivity index (χ3n) is 2.61. The van der Waals surface area contributed by atoms with Crippen molar-refractivity contribution in [2.24, 2.45) is 5.41 Å². The standard InChI is InChI=1S/C12H18N4/c1-12(2,9-13)5-7-16(3)11-4-6-15-8-10(11)14/h4,6,8H,5,7,14H2,1-3H3. The number of hydrogen-bond acceptors (Lipinski definition) is 4. The lowest BCUT2D eigenvalue weighted by Crippen LogP contribution is -2.24. The Hall–Kier alpha value is -1.76. The van der Waals surface area contributed by atoms with Gasteiger partial charge < -0.3 is 10.6 Å². The Balaban J connectivity index is 2.64. The van der Waals surface area contributed by atoms with E-state index in [1.165, 1.54) is 0 Å². The average molecular weight is 218 g/mol. The molecule has 1 heterocycles. The maximum Gasteiger partial charge on any atom is 0.0738 e. The van der Waals surface area contributed by atoms with Gasteiger partial charge in [0.15, 0.2) is 0 Å². The van der Waals surface area contributed by atoms with Crippen LogP contribution in [0.4, 0.5) is 11.4 Å². The van der Waals surface area contributed by atoms with Gasteiger partial charge in [-0.25, -0.2) is 0 Å². The van der Waals surface area contributed by atoms with Crippen LogP contribution in [0.1, 0.15) is 20.3 Å². The van der Waals surface area contributed by atoms with E-state index >= 15 is 0 Å². The Morgan fingerprint density at radius 1 is 1.56 bits per heavy atom. The van der Waals surface area contributed by atoms with Gasteiger partial charge in [0.2, 0.25) is 0 Å². The first-order valence-electron chi connectivity index (χ1n) is 5.28. The van der Waals surface area contributed by atoms with Crippen molar-refractivity contribution in [3.05, 3.63) is 18.5 Å². The van der Waals surface area contributed by atoms with Gasteiger partial charge in [0.1, 0.15) is 0 Å². The summed E-state index contributed by atoms with van der Waals surface area (Å²) in [6.45, 7) is 4.68. The molecule has 0 saturated carbocycles. The minimum absolute atomic E-state index is 0.296. The molecule has 0 unspecified atom stereocenters. The molecule has 0 aliphatic rings. The van der Waals surface area contributed by atoms with Gasteiger partial charge >= 0.3 is 0 Å². The molecule has 0 amide bonds. The molecule has 4 nitrogen and oxygen atoms in total. The van der Waals surface area contributed by atoms with Gasteiger partial charge in [0.05, 0.1) is 29.1 Å². The number of hydrogen-bond donors (Lipinski definition) is 1. The van der Waals surface area contributed by atoms with Crippen LogP contribution in [-0.2, 0) is 0 Å². The highest BCUT2D eigenvalue weighted by Crippen LogP contribution is 2.23. The van der Waals surface area contributed by atoms with Crippen molar-refractivity contribution in [1.29, 1.82) is 5.26 Å². The minimum Gasteiger partial charge on any atom is -0.396 e. The summed E-state index contributed by atoms with van der Waals surface area (Å²) in [7, 11) is 1.97. The first-order chi connectivity index (χ1) is 7.46. The van der Waals surface area contributed by atoms with E-state index in [1.807, 2.05) is 27.0 Å². The molecule has 1 aromatic rings. The molecule has 0 aliphatic carbocycles. The summed E-state index contributed by atoms with van der Waals surface area (Å²) in [6, 6.07) is 4.18. The fraction of sp³-hybridized carbons (Fsp3) is 0.500. The number of pyridine rings is 1.